The zero-order valence-corrected chi connectivity index (χ0v) is 12.3. The first-order chi connectivity index (χ1) is 9.10. The number of hydrogen-bond acceptors (Lipinski definition) is 3. The molecule has 2 atom stereocenters. The molecule has 1 aliphatic rings. The Morgan fingerprint density at radius 2 is 2.21 bits per heavy atom. The topological polar surface area (TPSA) is 49.3 Å². The summed E-state index contributed by atoms with van der Waals surface area (Å²) in [5.74, 6) is 0.200. The van der Waals surface area contributed by atoms with Gasteiger partial charge in [0.05, 0.1) is 0 Å². The van der Waals surface area contributed by atoms with Gasteiger partial charge in [-0.3, -0.25) is 4.79 Å². The van der Waals surface area contributed by atoms with Gasteiger partial charge in [-0.1, -0.05) is 6.42 Å². The van der Waals surface area contributed by atoms with Crippen molar-refractivity contribution < 1.29 is 9.90 Å². The minimum atomic E-state index is -0.0325. The van der Waals surface area contributed by atoms with Crippen LogP contribution in [0.5, 0.6) is 5.75 Å². The van der Waals surface area contributed by atoms with E-state index in [1.165, 1.54) is 12.8 Å². The van der Waals surface area contributed by atoms with Gasteiger partial charge >= 0.3 is 0 Å². The molecule has 104 valence electrons. The van der Waals surface area contributed by atoms with E-state index in [0.717, 1.165) is 18.4 Å². The summed E-state index contributed by atoms with van der Waals surface area (Å²) in [6, 6.07) is 5.27. The monoisotopic (exact) mass is 279 g/mol. The quantitative estimate of drug-likeness (QED) is 0.894. The minimum Gasteiger partial charge on any atom is -0.508 e. The Labute approximate surface area is 118 Å². The Hall–Kier alpha value is -1.16. The average molecular weight is 279 g/mol. The highest BCUT2D eigenvalue weighted by atomic mass is 32.2. The number of aryl methyl sites for hydroxylation is 1. The van der Waals surface area contributed by atoms with Crippen molar-refractivity contribution in [1.29, 1.82) is 0 Å². The van der Waals surface area contributed by atoms with Crippen LogP contribution in [0.4, 0.5) is 0 Å². The van der Waals surface area contributed by atoms with Gasteiger partial charge in [0, 0.05) is 16.9 Å². The summed E-state index contributed by atoms with van der Waals surface area (Å²) in [5.41, 5.74) is 1.36. The largest absolute Gasteiger partial charge is 0.508 e. The molecule has 2 N–H and O–H groups in total. The van der Waals surface area contributed by atoms with Crippen molar-refractivity contribution in [3.63, 3.8) is 0 Å². The standard InChI is InChI=1S/C15H21NO2S/c1-10-8-11(6-7-14(10)17)15(18)16-12-4-3-5-13(9-12)19-2/h6-8,12-13,17H,3-5,9H2,1-2H3,(H,16,18). The van der Waals surface area contributed by atoms with Crippen LogP contribution in [-0.4, -0.2) is 28.6 Å². The van der Waals surface area contributed by atoms with E-state index < -0.39 is 0 Å². The average Bonchev–Trinajstić information content (AvgIpc) is 2.42. The lowest BCUT2D eigenvalue weighted by Gasteiger charge is -2.28. The molecule has 3 nitrogen and oxygen atoms in total. The molecule has 1 aromatic carbocycles. The van der Waals surface area contributed by atoms with Crippen molar-refractivity contribution in [3.05, 3.63) is 29.3 Å². The molecule has 0 spiro atoms. The van der Waals surface area contributed by atoms with Crippen LogP contribution in [0.1, 0.15) is 41.6 Å². The molecule has 0 aliphatic heterocycles. The number of phenols is 1. The molecule has 2 rings (SSSR count). The van der Waals surface area contributed by atoms with Crippen LogP contribution in [0.3, 0.4) is 0 Å². The Morgan fingerprint density at radius 1 is 1.42 bits per heavy atom. The van der Waals surface area contributed by atoms with E-state index in [-0.39, 0.29) is 17.7 Å². The SMILES string of the molecule is CSC1CCCC(NC(=O)c2ccc(O)c(C)c2)C1. The third-order valence-electron chi connectivity index (χ3n) is 3.75. The first kappa shape index (κ1) is 14.3. The van der Waals surface area contributed by atoms with Crippen LogP contribution in [0.25, 0.3) is 0 Å². The van der Waals surface area contributed by atoms with Gasteiger partial charge in [-0.25, -0.2) is 0 Å². The molecule has 0 radical (unpaired) electrons. The summed E-state index contributed by atoms with van der Waals surface area (Å²) in [6.45, 7) is 1.80. The summed E-state index contributed by atoms with van der Waals surface area (Å²) in [4.78, 5) is 12.2. The highest BCUT2D eigenvalue weighted by Crippen LogP contribution is 2.27. The molecule has 1 aliphatic carbocycles. The number of amides is 1. The number of phenolic OH excluding ortho intramolecular Hbond substituents is 1. The van der Waals surface area contributed by atoms with Crippen LogP contribution >= 0.6 is 11.8 Å². The number of hydrogen-bond donors (Lipinski definition) is 2. The van der Waals surface area contributed by atoms with E-state index in [9.17, 15) is 9.90 Å². The number of nitrogens with one attached hydrogen (secondary N) is 1. The Kier molecular flexibility index (Phi) is 4.75. The summed E-state index contributed by atoms with van der Waals surface area (Å²) < 4.78 is 0. The number of thioether (sulfide) groups is 1. The number of carbonyl (C=O) groups is 1. The fourth-order valence-electron chi connectivity index (χ4n) is 2.56. The zero-order chi connectivity index (χ0) is 13.8. The number of carbonyl (C=O) groups excluding carboxylic acids is 1. The van der Waals surface area contributed by atoms with Crippen molar-refractivity contribution in [2.75, 3.05) is 6.26 Å². The number of benzene rings is 1. The first-order valence-electron chi connectivity index (χ1n) is 6.73. The Morgan fingerprint density at radius 3 is 2.89 bits per heavy atom. The fraction of sp³-hybridized carbons (Fsp3) is 0.533. The molecule has 0 saturated heterocycles. The molecular weight excluding hydrogens is 258 g/mol. The second-order valence-corrected chi connectivity index (χ2v) is 6.33. The van der Waals surface area contributed by atoms with Crippen LogP contribution in [0, 0.1) is 6.92 Å². The van der Waals surface area contributed by atoms with Crippen molar-refractivity contribution in [2.24, 2.45) is 0 Å². The smallest absolute Gasteiger partial charge is 0.251 e. The van der Waals surface area contributed by atoms with E-state index in [0.29, 0.717) is 10.8 Å². The molecule has 1 saturated carbocycles. The van der Waals surface area contributed by atoms with Gasteiger partial charge in [-0.2, -0.15) is 11.8 Å². The lowest BCUT2D eigenvalue weighted by molar-refractivity contribution is 0.0928. The summed E-state index contributed by atoms with van der Waals surface area (Å²) >= 11 is 1.89. The second kappa shape index (κ2) is 6.33. The van der Waals surface area contributed by atoms with Gasteiger partial charge < -0.3 is 10.4 Å². The maximum atomic E-state index is 12.2. The molecule has 0 heterocycles. The zero-order valence-electron chi connectivity index (χ0n) is 11.5. The van der Waals surface area contributed by atoms with Crippen molar-refractivity contribution in [3.8, 4) is 5.75 Å². The molecule has 0 aromatic heterocycles. The molecule has 4 heteroatoms. The van der Waals surface area contributed by atoms with Gasteiger partial charge in [-0.15, -0.1) is 0 Å². The number of rotatable bonds is 3. The van der Waals surface area contributed by atoms with E-state index in [1.54, 1.807) is 25.1 Å². The van der Waals surface area contributed by atoms with Crippen molar-refractivity contribution in [2.45, 2.75) is 43.9 Å². The van der Waals surface area contributed by atoms with E-state index >= 15 is 0 Å². The summed E-state index contributed by atoms with van der Waals surface area (Å²) in [5, 5.41) is 13.3. The molecule has 2 unspecified atom stereocenters. The predicted molar refractivity (Wildman–Crippen MR) is 79.9 cm³/mol. The van der Waals surface area contributed by atoms with Gasteiger partial charge in [0.25, 0.3) is 5.91 Å². The van der Waals surface area contributed by atoms with Crippen molar-refractivity contribution >= 4 is 17.7 Å². The van der Waals surface area contributed by atoms with E-state index in [2.05, 4.69) is 11.6 Å². The maximum Gasteiger partial charge on any atom is 0.251 e. The Balaban J connectivity index is 1.98. The summed E-state index contributed by atoms with van der Waals surface area (Å²) in [7, 11) is 0. The van der Waals surface area contributed by atoms with Gasteiger partial charge in [0.15, 0.2) is 0 Å². The van der Waals surface area contributed by atoms with E-state index in [4.69, 9.17) is 0 Å². The van der Waals surface area contributed by atoms with Crippen LogP contribution in [0.2, 0.25) is 0 Å². The lowest BCUT2D eigenvalue weighted by Crippen LogP contribution is -2.39. The molecule has 19 heavy (non-hydrogen) atoms. The van der Waals surface area contributed by atoms with E-state index in [1.807, 2.05) is 11.8 Å². The maximum absolute atomic E-state index is 12.2. The highest BCUT2D eigenvalue weighted by molar-refractivity contribution is 7.99. The van der Waals surface area contributed by atoms with Crippen LogP contribution in [0.15, 0.2) is 18.2 Å². The van der Waals surface area contributed by atoms with Crippen molar-refractivity contribution in [1.82, 2.24) is 5.32 Å². The first-order valence-corrected chi connectivity index (χ1v) is 8.02. The van der Waals surface area contributed by atoms with Gasteiger partial charge in [-0.05, 0) is 56.2 Å². The molecule has 1 aromatic rings. The van der Waals surface area contributed by atoms with Crippen LogP contribution < -0.4 is 5.32 Å². The summed E-state index contributed by atoms with van der Waals surface area (Å²) in [6.07, 6.45) is 6.71. The fourth-order valence-corrected chi connectivity index (χ4v) is 3.38. The third kappa shape index (κ3) is 3.66. The molecular formula is C15H21NO2S. The highest BCUT2D eigenvalue weighted by Gasteiger charge is 2.23. The molecule has 0 bridgehead atoms. The predicted octanol–water partition coefficient (Wildman–Crippen LogP) is 3.10. The van der Waals surface area contributed by atoms with Gasteiger partial charge in [0.2, 0.25) is 0 Å². The lowest BCUT2D eigenvalue weighted by atomic mass is 9.94. The van der Waals surface area contributed by atoms with Crippen LogP contribution in [-0.2, 0) is 0 Å². The molecule has 1 amide bonds. The minimum absolute atomic E-state index is 0.0325. The Bertz CT molecular complexity index is 461. The number of aromatic hydroxyl groups is 1. The normalized spacial score (nSPS) is 23.1. The molecule has 1 fully saturated rings. The third-order valence-corrected chi connectivity index (χ3v) is 4.85. The second-order valence-electron chi connectivity index (χ2n) is 5.20. The van der Waals surface area contributed by atoms with Gasteiger partial charge in [0.1, 0.15) is 5.75 Å².